The first-order chi connectivity index (χ1) is 8.49. The Morgan fingerprint density at radius 1 is 1.56 bits per heavy atom. The average molecular weight is 318 g/mol. The smallest absolute Gasteiger partial charge is 0.322 e. The molecule has 1 unspecified atom stereocenters. The van der Waals surface area contributed by atoms with Gasteiger partial charge in [0, 0.05) is 0 Å². The highest BCUT2D eigenvalue weighted by Gasteiger charge is 2.16. The molecule has 0 amide bonds. The summed E-state index contributed by atoms with van der Waals surface area (Å²) < 4.78 is 10.3. The first kappa shape index (κ1) is 14.8. The number of nitrogens with two attached hydrogens (primary N) is 1. The van der Waals surface area contributed by atoms with Gasteiger partial charge in [-0.25, -0.2) is 0 Å². The second kappa shape index (κ2) is 6.61. The Kier molecular flexibility index (Phi) is 5.43. The van der Waals surface area contributed by atoms with Crippen LogP contribution in [0.4, 0.5) is 0 Å². The quantitative estimate of drug-likeness (QED) is 0.806. The molecule has 0 aliphatic rings. The highest BCUT2D eigenvalue weighted by atomic mass is 79.9. The molecule has 0 saturated carbocycles. The van der Waals surface area contributed by atoms with Crippen LogP contribution in [0.2, 0.25) is 0 Å². The molecule has 1 aromatic rings. The summed E-state index contributed by atoms with van der Waals surface area (Å²) in [6.07, 6.45) is 0.311. The van der Waals surface area contributed by atoms with E-state index in [1.54, 1.807) is 12.1 Å². The van der Waals surface area contributed by atoms with E-state index < -0.39 is 12.0 Å². The Labute approximate surface area is 114 Å². The van der Waals surface area contributed by atoms with Crippen LogP contribution in [-0.4, -0.2) is 30.8 Å². The zero-order valence-corrected chi connectivity index (χ0v) is 11.9. The van der Waals surface area contributed by atoms with Crippen LogP contribution in [0.25, 0.3) is 0 Å². The van der Waals surface area contributed by atoms with Crippen LogP contribution in [0.15, 0.2) is 16.6 Å². The van der Waals surface area contributed by atoms with Gasteiger partial charge in [-0.3, -0.25) is 4.79 Å². The normalized spacial score (nSPS) is 12.0. The lowest BCUT2D eigenvalue weighted by molar-refractivity contribution is -0.142. The molecule has 0 aliphatic heterocycles. The van der Waals surface area contributed by atoms with E-state index in [4.69, 9.17) is 10.5 Å². The molecule has 0 bridgehead atoms. The van der Waals surface area contributed by atoms with Crippen molar-refractivity contribution in [1.82, 2.24) is 0 Å². The van der Waals surface area contributed by atoms with Crippen molar-refractivity contribution < 1.29 is 19.4 Å². The molecule has 0 heterocycles. The maximum absolute atomic E-state index is 11.2. The number of phenols is 1. The summed E-state index contributed by atoms with van der Waals surface area (Å²) in [5.74, 6) is -0.0802. The van der Waals surface area contributed by atoms with Crippen molar-refractivity contribution in [1.29, 1.82) is 0 Å². The molecule has 3 N–H and O–H groups in total. The minimum absolute atomic E-state index is 0.0345. The topological polar surface area (TPSA) is 81.8 Å². The molecule has 0 saturated heterocycles. The first-order valence-corrected chi connectivity index (χ1v) is 6.26. The Hall–Kier alpha value is -1.27. The van der Waals surface area contributed by atoms with E-state index in [1.807, 2.05) is 6.92 Å². The van der Waals surface area contributed by atoms with E-state index in [2.05, 4.69) is 20.7 Å². The molecule has 18 heavy (non-hydrogen) atoms. The van der Waals surface area contributed by atoms with Gasteiger partial charge in [-0.2, -0.15) is 0 Å². The van der Waals surface area contributed by atoms with Crippen LogP contribution in [0, 0.1) is 0 Å². The van der Waals surface area contributed by atoms with Crippen molar-refractivity contribution in [3.63, 3.8) is 0 Å². The van der Waals surface area contributed by atoms with Gasteiger partial charge >= 0.3 is 5.97 Å². The molecule has 6 heteroatoms. The Morgan fingerprint density at radius 2 is 2.22 bits per heavy atom. The minimum atomic E-state index is -0.735. The van der Waals surface area contributed by atoms with E-state index in [9.17, 15) is 9.90 Å². The zero-order valence-electron chi connectivity index (χ0n) is 10.3. The summed E-state index contributed by atoms with van der Waals surface area (Å²) >= 11 is 3.22. The van der Waals surface area contributed by atoms with E-state index in [1.165, 1.54) is 7.11 Å². The number of hydrogen-bond donors (Lipinski definition) is 2. The lowest BCUT2D eigenvalue weighted by Crippen LogP contribution is -2.33. The first-order valence-electron chi connectivity index (χ1n) is 5.47. The van der Waals surface area contributed by atoms with Gasteiger partial charge in [0.05, 0.1) is 18.2 Å². The average Bonchev–Trinajstić information content (AvgIpc) is 2.34. The van der Waals surface area contributed by atoms with Gasteiger partial charge in [0.2, 0.25) is 0 Å². The molecule has 0 spiro atoms. The lowest BCUT2D eigenvalue weighted by Gasteiger charge is -2.13. The van der Waals surface area contributed by atoms with Crippen LogP contribution in [0.3, 0.4) is 0 Å². The summed E-state index contributed by atoms with van der Waals surface area (Å²) in [7, 11) is 1.29. The Bertz CT molecular complexity index is 436. The van der Waals surface area contributed by atoms with Gasteiger partial charge in [0.25, 0.3) is 0 Å². The maximum atomic E-state index is 11.2. The third kappa shape index (κ3) is 3.61. The fourth-order valence-electron chi connectivity index (χ4n) is 1.50. The van der Waals surface area contributed by atoms with Crippen LogP contribution in [-0.2, 0) is 16.0 Å². The molecule has 0 fully saturated rings. The number of esters is 1. The van der Waals surface area contributed by atoms with Gasteiger partial charge in [0.15, 0.2) is 11.5 Å². The van der Waals surface area contributed by atoms with E-state index in [0.717, 1.165) is 5.56 Å². The van der Waals surface area contributed by atoms with Crippen molar-refractivity contribution in [3.05, 3.63) is 22.2 Å². The lowest BCUT2D eigenvalue weighted by atomic mass is 10.1. The monoisotopic (exact) mass is 317 g/mol. The second-order valence-corrected chi connectivity index (χ2v) is 4.55. The largest absolute Gasteiger partial charge is 0.503 e. The Balaban J connectivity index is 2.93. The summed E-state index contributed by atoms with van der Waals surface area (Å²) in [6.45, 7) is 2.26. The number of phenolic OH excluding ortho intramolecular Hbond substituents is 1. The highest BCUT2D eigenvalue weighted by Crippen LogP contribution is 2.35. The number of carbonyl (C=O) groups excluding carboxylic acids is 1. The van der Waals surface area contributed by atoms with Crippen molar-refractivity contribution in [2.45, 2.75) is 19.4 Å². The number of rotatable bonds is 5. The standard InChI is InChI=1S/C12H16BrNO4/c1-3-18-10-6-7(4-8(13)11(10)15)5-9(14)12(16)17-2/h4,6,9,15H,3,5,14H2,1-2H3. The predicted octanol–water partition coefficient (Wildman–Crippen LogP) is 1.60. The number of halogens is 1. The molecular formula is C12H16BrNO4. The molecule has 1 atom stereocenters. The molecule has 0 radical (unpaired) electrons. The molecule has 0 aromatic heterocycles. The van der Waals surface area contributed by atoms with E-state index in [-0.39, 0.29) is 5.75 Å². The number of hydrogen-bond acceptors (Lipinski definition) is 5. The number of benzene rings is 1. The van der Waals surface area contributed by atoms with Crippen LogP contribution in [0.1, 0.15) is 12.5 Å². The number of carbonyl (C=O) groups is 1. The summed E-state index contributed by atoms with van der Waals surface area (Å²) in [5.41, 5.74) is 6.46. The molecule has 100 valence electrons. The summed E-state index contributed by atoms with van der Waals surface area (Å²) in [4.78, 5) is 11.2. The third-order valence-electron chi connectivity index (χ3n) is 2.35. The summed E-state index contributed by atoms with van der Waals surface area (Å²) in [6, 6.07) is 2.62. The highest BCUT2D eigenvalue weighted by molar-refractivity contribution is 9.10. The molecule has 5 nitrogen and oxygen atoms in total. The zero-order chi connectivity index (χ0) is 13.7. The van der Waals surface area contributed by atoms with E-state index in [0.29, 0.717) is 23.2 Å². The molecule has 1 aromatic carbocycles. The molecule has 1 rings (SSSR count). The van der Waals surface area contributed by atoms with Crippen molar-refractivity contribution in [2.75, 3.05) is 13.7 Å². The molecular weight excluding hydrogens is 302 g/mol. The third-order valence-corrected chi connectivity index (χ3v) is 2.95. The van der Waals surface area contributed by atoms with Crippen LogP contribution < -0.4 is 10.5 Å². The molecule has 0 aliphatic carbocycles. The fourth-order valence-corrected chi connectivity index (χ4v) is 1.99. The van der Waals surface area contributed by atoms with Crippen LogP contribution >= 0.6 is 15.9 Å². The predicted molar refractivity (Wildman–Crippen MR) is 70.7 cm³/mol. The Morgan fingerprint density at radius 3 is 2.78 bits per heavy atom. The van der Waals surface area contributed by atoms with Gasteiger partial charge < -0.3 is 20.3 Å². The minimum Gasteiger partial charge on any atom is -0.503 e. The van der Waals surface area contributed by atoms with Crippen molar-refractivity contribution in [3.8, 4) is 11.5 Å². The SMILES string of the molecule is CCOc1cc(CC(N)C(=O)OC)cc(Br)c1O. The fraction of sp³-hybridized carbons (Fsp3) is 0.417. The van der Waals surface area contributed by atoms with Gasteiger partial charge in [-0.15, -0.1) is 0 Å². The number of aromatic hydroxyl groups is 1. The van der Waals surface area contributed by atoms with Gasteiger partial charge in [-0.1, -0.05) is 0 Å². The van der Waals surface area contributed by atoms with Gasteiger partial charge in [-0.05, 0) is 47.0 Å². The van der Waals surface area contributed by atoms with Crippen molar-refractivity contribution >= 4 is 21.9 Å². The summed E-state index contributed by atoms with van der Waals surface area (Å²) in [5, 5.41) is 9.75. The number of methoxy groups -OCH3 is 1. The second-order valence-electron chi connectivity index (χ2n) is 3.69. The number of ether oxygens (including phenoxy) is 2. The van der Waals surface area contributed by atoms with Crippen molar-refractivity contribution in [2.24, 2.45) is 5.73 Å². The maximum Gasteiger partial charge on any atom is 0.322 e. The van der Waals surface area contributed by atoms with Crippen LogP contribution in [0.5, 0.6) is 11.5 Å². The van der Waals surface area contributed by atoms with E-state index >= 15 is 0 Å². The van der Waals surface area contributed by atoms with Gasteiger partial charge in [0.1, 0.15) is 6.04 Å².